The molecule has 0 amide bonds. The summed E-state index contributed by atoms with van der Waals surface area (Å²) in [5.74, 6) is -0.822. The molecule has 0 bridgehead atoms. The van der Waals surface area contributed by atoms with Crippen LogP contribution in [0, 0.1) is 0 Å². The van der Waals surface area contributed by atoms with Crippen LogP contribution >= 0.6 is 0 Å². The van der Waals surface area contributed by atoms with Gasteiger partial charge in [-0.05, 0) is 44.9 Å². The Morgan fingerprint density at radius 3 is 1.62 bits per heavy atom. The van der Waals surface area contributed by atoms with Crippen LogP contribution in [0.15, 0.2) is 36.5 Å². The van der Waals surface area contributed by atoms with E-state index in [0.717, 1.165) is 70.6 Å². The van der Waals surface area contributed by atoms with E-state index in [-0.39, 0.29) is 26.1 Å². The minimum absolute atomic E-state index is 0.224. The second-order valence-corrected chi connectivity index (χ2v) is 15.1. The molecule has 0 saturated carbocycles. The van der Waals surface area contributed by atoms with Gasteiger partial charge in [0.25, 0.3) is 0 Å². The number of esters is 2. The molecule has 1 aliphatic heterocycles. The van der Waals surface area contributed by atoms with Crippen LogP contribution < -0.4 is 0 Å². The molecule has 10 nitrogen and oxygen atoms in total. The molecule has 320 valence electrons. The zero-order valence-corrected chi connectivity index (χ0v) is 34.7. The molecular formula is C45H80O10. The van der Waals surface area contributed by atoms with Gasteiger partial charge in [-0.2, -0.15) is 0 Å². The molecule has 1 rings (SSSR count). The number of allylic oxidation sites excluding steroid dienone is 6. The van der Waals surface area contributed by atoms with Gasteiger partial charge in [0, 0.05) is 12.8 Å². The smallest absolute Gasteiger partial charge is 0.306 e. The summed E-state index contributed by atoms with van der Waals surface area (Å²) in [5.41, 5.74) is 0. The average molecular weight is 781 g/mol. The van der Waals surface area contributed by atoms with Crippen LogP contribution in [0.1, 0.15) is 181 Å². The summed E-state index contributed by atoms with van der Waals surface area (Å²) in [6, 6.07) is 0. The van der Waals surface area contributed by atoms with E-state index < -0.39 is 55.4 Å². The summed E-state index contributed by atoms with van der Waals surface area (Å²) in [5, 5.41) is 40.0. The van der Waals surface area contributed by atoms with E-state index in [1.54, 1.807) is 0 Å². The SMILES string of the molecule is CC/C=C\C/C=C\C/C=C\CCCCCCCC(=O)OC[C@@H](CO[C@@H]1O[C@H](CO)[C@H](O)[C@H](O)[C@H]1O)OC(=O)CCCCCCCCCCCCCCCCC. The highest BCUT2D eigenvalue weighted by Crippen LogP contribution is 2.22. The molecule has 1 saturated heterocycles. The molecule has 0 aliphatic carbocycles. The van der Waals surface area contributed by atoms with Gasteiger partial charge in [0.1, 0.15) is 31.0 Å². The lowest BCUT2D eigenvalue weighted by Gasteiger charge is -2.39. The van der Waals surface area contributed by atoms with Crippen molar-refractivity contribution in [3.8, 4) is 0 Å². The predicted octanol–water partition coefficient (Wildman–Crippen LogP) is 9.11. The number of aliphatic hydroxyl groups is 4. The van der Waals surface area contributed by atoms with Crippen molar-refractivity contribution in [2.45, 2.75) is 218 Å². The molecule has 4 N–H and O–H groups in total. The molecule has 0 aromatic carbocycles. The Labute approximate surface area is 334 Å². The fraction of sp³-hybridized carbons (Fsp3) is 0.822. The third-order valence-corrected chi connectivity index (χ3v) is 10.0. The second-order valence-electron chi connectivity index (χ2n) is 15.1. The highest BCUT2D eigenvalue weighted by Gasteiger charge is 2.44. The molecule has 0 radical (unpaired) electrons. The van der Waals surface area contributed by atoms with Crippen LogP contribution in [0.5, 0.6) is 0 Å². The normalized spacial score (nSPS) is 20.9. The second kappa shape index (κ2) is 36.3. The number of hydrogen-bond acceptors (Lipinski definition) is 10. The number of unbranched alkanes of at least 4 members (excludes halogenated alkanes) is 19. The van der Waals surface area contributed by atoms with Crippen molar-refractivity contribution >= 4 is 11.9 Å². The van der Waals surface area contributed by atoms with Crippen LogP contribution in [-0.4, -0.2) is 89.0 Å². The fourth-order valence-corrected chi connectivity index (χ4v) is 6.56. The number of ether oxygens (including phenoxy) is 4. The molecule has 10 heteroatoms. The summed E-state index contributed by atoms with van der Waals surface area (Å²) in [4.78, 5) is 25.3. The summed E-state index contributed by atoms with van der Waals surface area (Å²) in [6.07, 6.45) is 32.9. The number of carbonyl (C=O) groups excluding carboxylic acids is 2. The van der Waals surface area contributed by atoms with E-state index >= 15 is 0 Å². The van der Waals surface area contributed by atoms with Gasteiger partial charge in [-0.1, -0.05) is 159 Å². The average Bonchev–Trinajstić information content (AvgIpc) is 3.18. The van der Waals surface area contributed by atoms with Gasteiger partial charge in [0.2, 0.25) is 0 Å². The van der Waals surface area contributed by atoms with E-state index in [0.29, 0.717) is 12.8 Å². The highest BCUT2D eigenvalue weighted by molar-refractivity contribution is 5.70. The van der Waals surface area contributed by atoms with Crippen molar-refractivity contribution in [2.24, 2.45) is 0 Å². The van der Waals surface area contributed by atoms with Gasteiger partial charge in [0.05, 0.1) is 13.2 Å². The number of carbonyl (C=O) groups is 2. The van der Waals surface area contributed by atoms with E-state index in [1.807, 2.05) is 0 Å². The Kier molecular flexibility index (Phi) is 33.6. The molecule has 0 spiro atoms. The van der Waals surface area contributed by atoms with Crippen LogP contribution in [0.25, 0.3) is 0 Å². The van der Waals surface area contributed by atoms with Crippen molar-refractivity contribution in [2.75, 3.05) is 19.8 Å². The first kappa shape index (κ1) is 50.9. The Bertz CT molecular complexity index is 996. The maximum Gasteiger partial charge on any atom is 0.306 e. The zero-order chi connectivity index (χ0) is 40.2. The lowest BCUT2D eigenvalue weighted by molar-refractivity contribution is -0.305. The van der Waals surface area contributed by atoms with E-state index in [4.69, 9.17) is 18.9 Å². The molecule has 0 aromatic rings. The molecular weight excluding hydrogens is 700 g/mol. The Balaban J connectivity index is 2.34. The first-order chi connectivity index (χ1) is 26.8. The van der Waals surface area contributed by atoms with Crippen molar-refractivity contribution in [3.05, 3.63) is 36.5 Å². The van der Waals surface area contributed by atoms with Gasteiger partial charge >= 0.3 is 11.9 Å². The standard InChI is InChI=1S/C45H80O10/c1-3-5-7-9-11-13-15-17-19-21-23-25-27-29-31-33-40(47)52-36-38(37-53-45-44(51)43(50)42(49)39(35-46)55-45)54-41(48)34-32-30-28-26-24-22-20-18-16-14-12-10-8-6-4-2/h5,7,11,13,17,19,38-39,42-46,49-51H,3-4,6,8-10,12,14-16,18,20-37H2,1-2H3/b7-5-,13-11-,19-17-/t38-,39+,42-,43-,44+,45+/m0/s1. The Hall–Kier alpha value is -2.08. The summed E-state index contributed by atoms with van der Waals surface area (Å²) in [7, 11) is 0. The largest absolute Gasteiger partial charge is 0.462 e. The van der Waals surface area contributed by atoms with Crippen LogP contribution in [0.2, 0.25) is 0 Å². The molecule has 1 fully saturated rings. The van der Waals surface area contributed by atoms with Gasteiger partial charge in [-0.3, -0.25) is 9.59 Å². The maximum atomic E-state index is 12.8. The summed E-state index contributed by atoms with van der Waals surface area (Å²) < 4.78 is 22.1. The topological polar surface area (TPSA) is 152 Å². The predicted molar refractivity (Wildman–Crippen MR) is 219 cm³/mol. The quantitative estimate of drug-likeness (QED) is 0.0275. The van der Waals surface area contributed by atoms with Gasteiger partial charge in [-0.15, -0.1) is 0 Å². The summed E-state index contributed by atoms with van der Waals surface area (Å²) in [6.45, 7) is 3.30. The third kappa shape index (κ3) is 28.0. The monoisotopic (exact) mass is 781 g/mol. The number of hydrogen-bond donors (Lipinski definition) is 4. The molecule has 55 heavy (non-hydrogen) atoms. The van der Waals surface area contributed by atoms with Gasteiger partial charge in [-0.25, -0.2) is 0 Å². The van der Waals surface area contributed by atoms with Gasteiger partial charge < -0.3 is 39.4 Å². The van der Waals surface area contributed by atoms with Crippen molar-refractivity contribution in [1.29, 1.82) is 0 Å². The van der Waals surface area contributed by atoms with Crippen molar-refractivity contribution in [3.63, 3.8) is 0 Å². The molecule has 1 aliphatic rings. The first-order valence-electron chi connectivity index (χ1n) is 22.1. The number of rotatable bonds is 36. The minimum atomic E-state index is -1.60. The molecule has 0 aromatic heterocycles. The van der Waals surface area contributed by atoms with E-state index in [2.05, 4.69) is 50.3 Å². The minimum Gasteiger partial charge on any atom is -0.462 e. The molecule has 1 heterocycles. The van der Waals surface area contributed by atoms with Crippen LogP contribution in [0.4, 0.5) is 0 Å². The molecule has 0 unspecified atom stereocenters. The zero-order valence-electron chi connectivity index (χ0n) is 34.7. The van der Waals surface area contributed by atoms with E-state index in [9.17, 15) is 30.0 Å². The Morgan fingerprint density at radius 1 is 0.582 bits per heavy atom. The van der Waals surface area contributed by atoms with Crippen LogP contribution in [-0.2, 0) is 28.5 Å². The van der Waals surface area contributed by atoms with E-state index in [1.165, 1.54) is 70.6 Å². The maximum absolute atomic E-state index is 12.8. The highest BCUT2D eigenvalue weighted by atomic mass is 16.7. The van der Waals surface area contributed by atoms with Gasteiger partial charge in [0.15, 0.2) is 12.4 Å². The number of aliphatic hydroxyl groups excluding tert-OH is 4. The lowest BCUT2D eigenvalue weighted by Crippen LogP contribution is -2.59. The van der Waals surface area contributed by atoms with Crippen molar-refractivity contribution in [1.82, 2.24) is 0 Å². The fourth-order valence-electron chi connectivity index (χ4n) is 6.56. The first-order valence-corrected chi connectivity index (χ1v) is 22.1. The lowest BCUT2D eigenvalue weighted by atomic mass is 9.99. The molecule has 6 atom stereocenters. The Morgan fingerprint density at radius 2 is 1.07 bits per heavy atom. The van der Waals surface area contributed by atoms with Crippen molar-refractivity contribution < 1.29 is 49.0 Å². The van der Waals surface area contributed by atoms with Crippen LogP contribution in [0.3, 0.4) is 0 Å². The third-order valence-electron chi connectivity index (χ3n) is 10.0. The summed E-state index contributed by atoms with van der Waals surface area (Å²) >= 11 is 0.